The van der Waals surface area contributed by atoms with Crippen molar-refractivity contribution < 1.29 is 13.2 Å². The van der Waals surface area contributed by atoms with E-state index in [0.29, 0.717) is 22.0 Å². The van der Waals surface area contributed by atoms with Crippen LogP contribution >= 0.6 is 27.5 Å². The van der Waals surface area contributed by atoms with E-state index in [2.05, 4.69) is 27.8 Å². The van der Waals surface area contributed by atoms with Crippen LogP contribution in [0.4, 0.5) is 11.4 Å². The molecule has 0 radical (unpaired) electrons. The highest BCUT2D eigenvalue weighted by Gasteiger charge is 2.17. The van der Waals surface area contributed by atoms with E-state index in [1.165, 1.54) is 10.4 Å². The molecule has 0 aliphatic carbocycles. The predicted molar refractivity (Wildman–Crippen MR) is 106 cm³/mol. The Labute approximate surface area is 160 Å². The van der Waals surface area contributed by atoms with Gasteiger partial charge in [-0.15, -0.1) is 6.58 Å². The minimum Gasteiger partial charge on any atom is -0.322 e. The number of sulfonamides is 1. The summed E-state index contributed by atoms with van der Waals surface area (Å²) in [5, 5.41) is 3.04. The molecule has 5 nitrogen and oxygen atoms in total. The van der Waals surface area contributed by atoms with Crippen LogP contribution in [0.2, 0.25) is 5.02 Å². The monoisotopic (exact) mass is 442 g/mol. The second-order valence-electron chi connectivity index (χ2n) is 5.21. The Hall–Kier alpha value is -1.83. The third-order valence-electron chi connectivity index (χ3n) is 3.26. The summed E-state index contributed by atoms with van der Waals surface area (Å²) in [5.41, 5.74) is 1.20. The zero-order valence-corrected chi connectivity index (χ0v) is 16.5. The van der Waals surface area contributed by atoms with Gasteiger partial charge in [-0.3, -0.25) is 9.10 Å². The van der Waals surface area contributed by atoms with Crippen molar-refractivity contribution in [2.45, 2.75) is 0 Å². The van der Waals surface area contributed by atoms with Gasteiger partial charge in [0.1, 0.15) is 0 Å². The van der Waals surface area contributed by atoms with Crippen LogP contribution in [0.15, 0.2) is 59.6 Å². The van der Waals surface area contributed by atoms with Crippen molar-refractivity contribution in [2.75, 3.05) is 22.4 Å². The molecule has 0 aliphatic rings. The summed E-state index contributed by atoms with van der Waals surface area (Å²) in [5.74, 6) is -0.391. The first-order valence-electron chi connectivity index (χ1n) is 7.17. The summed E-state index contributed by atoms with van der Waals surface area (Å²) in [6, 6.07) is 11.5. The summed E-state index contributed by atoms with van der Waals surface area (Å²) in [7, 11) is -3.47. The molecule has 2 aromatic rings. The second-order valence-corrected chi connectivity index (χ2v) is 8.44. The number of nitrogens with one attached hydrogen (secondary N) is 1. The summed E-state index contributed by atoms with van der Waals surface area (Å²) in [4.78, 5) is 12.4. The van der Waals surface area contributed by atoms with Crippen LogP contribution in [-0.2, 0) is 10.0 Å². The molecule has 0 unspecified atom stereocenters. The topological polar surface area (TPSA) is 66.5 Å². The average molecular weight is 444 g/mol. The Bertz CT molecular complexity index is 916. The maximum Gasteiger partial charge on any atom is 0.257 e. The number of hydrogen-bond acceptors (Lipinski definition) is 3. The molecule has 1 amide bonds. The van der Waals surface area contributed by atoms with Gasteiger partial charge < -0.3 is 5.32 Å². The van der Waals surface area contributed by atoms with Gasteiger partial charge in [-0.2, -0.15) is 0 Å². The van der Waals surface area contributed by atoms with Crippen LogP contribution in [0, 0.1) is 0 Å². The average Bonchev–Trinajstić information content (AvgIpc) is 2.54. The van der Waals surface area contributed by atoms with E-state index < -0.39 is 15.9 Å². The van der Waals surface area contributed by atoms with Crippen LogP contribution in [0.5, 0.6) is 0 Å². The van der Waals surface area contributed by atoms with E-state index in [1.54, 1.807) is 42.5 Å². The Kier molecular flexibility index (Phi) is 6.26. The summed E-state index contributed by atoms with van der Waals surface area (Å²) in [6.45, 7) is 3.71. The first-order valence-corrected chi connectivity index (χ1v) is 10.2. The molecule has 25 heavy (non-hydrogen) atoms. The lowest BCUT2D eigenvalue weighted by molar-refractivity contribution is 0.102. The Morgan fingerprint density at radius 1 is 1.32 bits per heavy atom. The fraction of sp³-hybridized carbons (Fsp3) is 0.118. The lowest BCUT2D eigenvalue weighted by atomic mass is 10.2. The second kappa shape index (κ2) is 8.03. The standard InChI is InChI=1S/C17H16BrClN2O3S/c1-3-9-21(25(2,23)24)14-6-4-5-13(11-14)20-17(22)15-10-12(18)7-8-16(15)19/h3-8,10-11H,1,9H2,2H3,(H,20,22). The highest BCUT2D eigenvalue weighted by Crippen LogP contribution is 2.25. The maximum absolute atomic E-state index is 12.4. The van der Waals surface area contributed by atoms with Crippen molar-refractivity contribution in [3.8, 4) is 0 Å². The lowest BCUT2D eigenvalue weighted by Gasteiger charge is -2.21. The van der Waals surface area contributed by atoms with Crippen LogP contribution < -0.4 is 9.62 Å². The molecule has 8 heteroatoms. The predicted octanol–water partition coefficient (Wildman–Crippen LogP) is 4.31. The van der Waals surface area contributed by atoms with E-state index in [0.717, 1.165) is 10.7 Å². The smallest absolute Gasteiger partial charge is 0.257 e. The molecular formula is C17H16BrClN2O3S. The fourth-order valence-corrected chi connectivity index (χ4v) is 3.60. The number of halogens is 2. The number of nitrogens with zero attached hydrogens (tertiary/aromatic N) is 1. The van der Waals surface area contributed by atoms with Gasteiger partial charge in [-0.1, -0.05) is 39.7 Å². The summed E-state index contributed by atoms with van der Waals surface area (Å²) >= 11 is 9.36. The van der Waals surface area contributed by atoms with E-state index in [-0.39, 0.29) is 6.54 Å². The van der Waals surface area contributed by atoms with Crippen molar-refractivity contribution >= 4 is 54.8 Å². The van der Waals surface area contributed by atoms with Crippen molar-refractivity contribution in [1.29, 1.82) is 0 Å². The maximum atomic E-state index is 12.4. The van der Waals surface area contributed by atoms with Crippen LogP contribution in [-0.4, -0.2) is 27.1 Å². The van der Waals surface area contributed by atoms with Crippen molar-refractivity contribution in [2.24, 2.45) is 0 Å². The molecule has 1 N–H and O–H groups in total. The lowest BCUT2D eigenvalue weighted by Crippen LogP contribution is -2.29. The molecule has 0 saturated carbocycles. The Morgan fingerprint density at radius 2 is 2.04 bits per heavy atom. The van der Waals surface area contributed by atoms with E-state index >= 15 is 0 Å². The SMILES string of the molecule is C=CCN(c1cccc(NC(=O)c2cc(Br)ccc2Cl)c1)S(C)(=O)=O. The minimum absolute atomic E-state index is 0.133. The van der Waals surface area contributed by atoms with E-state index in [9.17, 15) is 13.2 Å². The first kappa shape index (κ1) is 19.5. The zero-order valence-electron chi connectivity index (χ0n) is 13.4. The van der Waals surface area contributed by atoms with Crippen LogP contribution in [0.3, 0.4) is 0 Å². The van der Waals surface area contributed by atoms with Gasteiger partial charge in [0.15, 0.2) is 0 Å². The first-order chi connectivity index (χ1) is 11.7. The third kappa shape index (κ3) is 5.07. The number of rotatable bonds is 6. The van der Waals surface area contributed by atoms with Gasteiger partial charge in [-0.25, -0.2) is 8.42 Å². The van der Waals surface area contributed by atoms with E-state index in [4.69, 9.17) is 11.6 Å². The fourth-order valence-electron chi connectivity index (χ4n) is 2.16. The van der Waals surface area contributed by atoms with Gasteiger partial charge >= 0.3 is 0 Å². The summed E-state index contributed by atoms with van der Waals surface area (Å²) < 4.78 is 25.8. The van der Waals surface area contributed by atoms with Gasteiger partial charge in [0, 0.05) is 10.2 Å². The number of carbonyl (C=O) groups excluding carboxylic acids is 1. The quantitative estimate of drug-likeness (QED) is 0.677. The summed E-state index contributed by atoms with van der Waals surface area (Å²) in [6.07, 6.45) is 2.61. The van der Waals surface area contributed by atoms with Gasteiger partial charge in [-0.05, 0) is 36.4 Å². The molecule has 0 fully saturated rings. The minimum atomic E-state index is -3.47. The van der Waals surface area contributed by atoms with Gasteiger partial charge in [0.05, 0.1) is 29.1 Å². The Morgan fingerprint density at radius 3 is 2.68 bits per heavy atom. The molecule has 2 rings (SSSR count). The van der Waals surface area contributed by atoms with Crippen molar-refractivity contribution in [1.82, 2.24) is 0 Å². The number of anilines is 2. The number of benzene rings is 2. The van der Waals surface area contributed by atoms with Crippen LogP contribution in [0.25, 0.3) is 0 Å². The molecule has 0 atom stereocenters. The Balaban J connectivity index is 2.31. The molecule has 0 aliphatic heterocycles. The molecule has 0 heterocycles. The number of hydrogen-bond donors (Lipinski definition) is 1. The van der Waals surface area contributed by atoms with E-state index in [1.807, 2.05) is 0 Å². The largest absolute Gasteiger partial charge is 0.322 e. The highest BCUT2D eigenvalue weighted by molar-refractivity contribution is 9.10. The van der Waals surface area contributed by atoms with Gasteiger partial charge in [0.25, 0.3) is 5.91 Å². The van der Waals surface area contributed by atoms with Crippen molar-refractivity contribution in [3.05, 3.63) is 70.2 Å². The molecule has 0 spiro atoms. The van der Waals surface area contributed by atoms with Gasteiger partial charge in [0.2, 0.25) is 10.0 Å². The van der Waals surface area contributed by atoms with Crippen molar-refractivity contribution in [3.63, 3.8) is 0 Å². The molecule has 0 saturated heterocycles. The molecular weight excluding hydrogens is 428 g/mol. The molecule has 0 aromatic heterocycles. The zero-order chi connectivity index (χ0) is 18.6. The molecule has 132 valence electrons. The third-order valence-corrected chi connectivity index (χ3v) is 5.24. The molecule has 0 bridgehead atoms. The normalized spacial score (nSPS) is 11.0. The number of carbonyl (C=O) groups is 1. The highest BCUT2D eigenvalue weighted by atomic mass is 79.9. The molecule has 2 aromatic carbocycles. The number of amides is 1. The van der Waals surface area contributed by atoms with Crippen LogP contribution in [0.1, 0.15) is 10.4 Å².